The predicted molar refractivity (Wildman–Crippen MR) is 104 cm³/mol. The monoisotopic (exact) mass is 347 g/mol. The minimum Gasteiger partial charge on any atom is -0.496 e. The minimum atomic E-state index is 0.790. The van der Waals surface area contributed by atoms with Gasteiger partial charge in [0, 0.05) is 12.6 Å². The van der Waals surface area contributed by atoms with Gasteiger partial charge in [-0.05, 0) is 29.0 Å². The van der Waals surface area contributed by atoms with Gasteiger partial charge in [0.25, 0.3) is 0 Å². The molecule has 0 atom stereocenters. The Balaban J connectivity index is 1.81. The molecule has 0 spiro atoms. The van der Waals surface area contributed by atoms with Crippen LogP contribution in [0.5, 0.6) is 5.75 Å². The van der Waals surface area contributed by atoms with E-state index in [9.17, 15) is 0 Å². The number of para-hydroxylation sites is 1. The van der Waals surface area contributed by atoms with E-state index in [0.717, 1.165) is 32.4 Å². The Hall–Kier alpha value is -2.92. The van der Waals surface area contributed by atoms with Crippen LogP contribution in [0.3, 0.4) is 0 Å². The average Bonchev–Trinajstić information content (AvgIpc) is 2.98. The molecule has 0 aliphatic carbocycles. The first-order valence-corrected chi connectivity index (χ1v) is 8.77. The van der Waals surface area contributed by atoms with Crippen LogP contribution in [0.4, 0.5) is 0 Å². The van der Waals surface area contributed by atoms with Gasteiger partial charge in [-0.1, -0.05) is 53.8 Å². The lowest BCUT2D eigenvalue weighted by atomic mass is 10.0. The summed E-state index contributed by atoms with van der Waals surface area (Å²) in [5.74, 6) is 0.790. The van der Waals surface area contributed by atoms with Crippen molar-refractivity contribution >= 4 is 38.5 Å². The summed E-state index contributed by atoms with van der Waals surface area (Å²) < 4.78 is 8.74. The third kappa shape index (κ3) is 2.83. The lowest BCUT2D eigenvalue weighted by Gasteiger charge is -2.07. The first kappa shape index (κ1) is 15.6. The summed E-state index contributed by atoms with van der Waals surface area (Å²) in [6.45, 7) is 0. The highest BCUT2D eigenvalue weighted by Crippen LogP contribution is 2.26. The Bertz CT molecular complexity index is 1150. The number of hydrogen-bond donors (Lipinski definition) is 0. The van der Waals surface area contributed by atoms with Gasteiger partial charge >= 0.3 is 0 Å². The standard InChI is InChI=1S/C20H17N3OS/c1-23-17-9-5-6-10-19(17)25-20(23)22-21-13-16-15-8-4-3-7-14(15)11-12-18(16)24-2/h3-13H,1-2H3/b21-13+,22-20+. The topological polar surface area (TPSA) is 38.9 Å². The van der Waals surface area contributed by atoms with Gasteiger partial charge in [0.1, 0.15) is 5.75 Å². The zero-order chi connectivity index (χ0) is 17.2. The Kier molecular flexibility index (Phi) is 4.07. The van der Waals surface area contributed by atoms with Gasteiger partial charge in [-0.2, -0.15) is 5.10 Å². The first-order chi connectivity index (χ1) is 12.3. The molecule has 0 N–H and O–H groups in total. The second-order valence-electron chi connectivity index (χ2n) is 5.66. The summed E-state index contributed by atoms with van der Waals surface area (Å²) in [4.78, 5) is 0.858. The normalized spacial score (nSPS) is 12.5. The predicted octanol–water partition coefficient (Wildman–Crippen LogP) is 4.34. The Labute approximate surface area is 149 Å². The number of thiazole rings is 1. The molecule has 4 rings (SSSR count). The molecule has 0 aliphatic heterocycles. The number of rotatable bonds is 3. The van der Waals surface area contributed by atoms with E-state index >= 15 is 0 Å². The molecule has 25 heavy (non-hydrogen) atoms. The molecule has 1 aromatic heterocycles. The fraction of sp³-hybridized carbons (Fsp3) is 0.100. The highest BCUT2D eigenvalue weighted by atomic mass is 32.1. The van der Waals surface area contributed by atoms with Gasteiger partial charge in [-0.15, -0.1) is 5.10 Å². The maximum Gasteiger partial charge on any atom is 0.211 e. The largest absolute Gasteiger partial charge is 0.496 e. The molecule has 3 aromatic carbocycles. The molecule has 0 fully saturated rings. The summed E-state index contributed by atoms with van der Waals surface area (Å²) in [7, 11) is 3.68. The SMILES string of the molecule is COc1ccc2ccccc2c1/C=N/N=c1/sc2ccccc2n1C. The zero-order valence-corrected chi connectivity index (χ0v) is 14.8. The number of aromatic nitrogens is 1. The summed E-state index contributed by atoms with van der Waals surface area (Å²) in [5.41, 5.74) is 2.09. The van der Waals surface area contributed by atoms with Crippen molar-refractivity contribution in [3.8, 4) is 5.75 Å². The van der Waals surface area contributed by atoms with Crippen LogP contribution in [0.1, 0.15) is 5.56 Å². The van der Waals surface area contributed by atoms with Crippen molar-refractivity contribution in [1.29, 1.82) is 0 Å². The molecule has 0 saturated carbocycles. The fourth-order valence-electron chi connectivity index (χ4n) is 2.90. The summed E-state index contributed by atoms with van der Waals surface area (Å²) >= 11 is 1.62. The second kappa shape index (κ2) is 6.53. The molecular formula is C20H17N3OS. The van der Waals surface area contributed by atoms with Gasteiger partial charge in [-0.25, -0.2) is 0 Å². The number of methoxy groups -OCH3 is 1. The van der Waals surface area contributed by atoms with Crippen LogP contribution in [-0.2, 0) is 7.05 Å². The molecule has 0 aliphatic rings. The Morgan fingerprint density at radius 1 is 1.00 bits per heavy atom. The third-order valence-electron chi connectivity index (χ3n) is 4.20. The van der Waals surface area contributed by atoms with Crippen LogP contribution < -0.4 is 9.54 Å². The molecule has 0 unspecified atom stereocenters. The van der Waals surface area contributed by atoms with Crippen molar-refractivity contribution in [3.05, 3.63) is 71.0 Å². The van der Waals surface area contributed by atoms with Crippen molar-refractivity contribution < 1.29 is 4.74 Å². The van der Waals surface area contributed by atoms with E-state index in [1.54, 1.807) is 24.7 Å². The highest BCUT2D eigenvalue weighted by molar-refractivity contribution is 7.16. The Morgan fingerprint density at radius 3 is 2.64 bits per heavy atom. The number of benzene rings is 3. The van der Waals surface area contributed by atoms with Crippen LogP contribution >= 0.6 is 11.3 Å². The lowest BCUT2D eigenvalue weighted by Crippen LogP contribution is -2.08. The van der Waals surface area contributed by atoms with E-state index in [-0.39, 0.29) is 0 Å². The number of nitrogens with zero attached hydrogens (tertiary/aromatic N) is 3. The molecule has 4 aromatic rings. The molecule has 0 amide bonds. The number of hydrogen-bond acceptors (Lipinski definition) is 4. The van der Waals surface area contributed by atoms with E-state index in [2.05, 4.69) is 45.1 Å². The van der Waals surface area contributed by atoms with Crippen LogP contribution in [-0.4, -0.2) is 17.9 Å². The minimum absolute atomic E-state index is 0.790. The second-order valence-corrected chi connectivity index (χ2v) is 6.67. The number of fused-ring (bicyclic) bond motifs is 2. The van der Waals surface area contributed by atoms with Gasteiger partial charge in [0.2, 0.25) is 4.80 Å². The molecule has 124 valence electrons. The van der Waals surface area contributed by atoms with Crippen LogP contribution in [0.15, 0.2) is 70.9 Å². The van der Waals surface area contributed by atoms with Gasteiger partial charge < -0.3 is 9.30 Å². The van der Waals surface area contributed by atoms with E-state index in [0.29, 0.717) is 0 Å². The average molecular weight is 347 g/mol. The third-order valence-corrected chi connectivity index (χ3v) is 5.30. The summed E-state index contributed by atoms with van der Waals surface area (Å²) in [5, 5.41) is 11.0. The fourth-order valence-corrected chi connectivity index (χ4v) is 3.88. The van der Waals surface area contributed by atoms with Crippen molar-refractivity contribution in [2.45, 2.75) is 0 Å². The van der Waals surface area contributed by atoms with Crippen molar-refractivity contribution in [3.63, 3.8) is 0 Å². The molecule has 0 saturated heterocycles. The van der Waals surface area contributed by atoms with E-state index in [1.165, 1.54) is 4.70 Å². The van der Waals surface area contributed by atoms with Crippen LogP contribution in [0.2, 0.25) is 0 Å². The maximum absolute atomic E-state index is 5.49. The molecular weight excluding hydrogens is 330 g/mol. The molecule has 4 nitrogen and oxygen atoms in total. The molecule has 5 heteroatoms. The van der Waals surface area contributed by atoms with Gasteiger partial charge in [-0.3, -0.25) is 0 Å². The number of ether oxygens (including phenoxy) is 1. The van der Waals surface area contributed by atoms with Crippen molar-refractivity contribution in [1.82, 2.24) is 4.57 Å². The van der Waals surface area contributed by atoms with Gasteiger partial charge in [0.05, 0.1) is 23.5 Å². The van der Waals surface area contributed by atoms with Gasteiger partial charge in [0.15, 0.2) is 0 Å². The van der Waals surface area contributed by atoms with E-state index in [4.69, 9.17) is 4.74 Å². The zero-order valence-electron chi connectivity index (χ0n) is 14.0. The quantitative estimate of drug-likeness (QED) is 0.401. The summed E-state index contributed by atoms with van der Waals surface area (Å²) in [6, 6.07) is 20.4. The molecule has 1 heterocycles. The highest BCUT2D eigenvalue weighted by Gasteiger charge is 2.06. The first-order valence-electron chi connectivity index (χ1n) is 7.95. The van der Waals surface area contributed by atoms with Crippen LogP contribution in [0, 0.1) is 0 Å². The van der Waals surface area contributed by atoms with E-state index in [1.807, 2.05) is 37.4 Å². The lowest BCUT2D eigenvalue weighted by molar-refractivity contribution is 0.415. The maximum atomic E-state index is 5.49. The summed E-state index contributed by atoms with van der Waals surface area (Å²) in [6.07, 6.45) is 1.77. The molecule has 0 bridgehead atoms. The smallest absolute Gasteiger partial charge is 0.211 e. The Morgan fingerprint density at radius 2 is 1.80 bits per heavy atom. The molecule has 0 radical (unpaired) electrons. The van der Waals surface area contributed by atoms with Crippen molar-refractivity contribution in [2.24, 2.45) is 17.3 Å². The van der Waals surface area contributed by atoms with E-state index < -0.39 is 0 Å². The number of aryl methyl sites for hydroxylation is 1. The van der Waals surface area contributed by atoms with Crippen LogP contribution in [0.25, 0.3) is 21.0 Å². The van der Waals surface area contributed by atoms with Crippen molar-refractivity contribution in [2.75, 3.05) is 7.11 Å².